The summed E-state index contributed by atoms with van der Waals surface area (Å²) in [4.78, 5) is 56.4. The summed E-state index contributed by atoms with van der Waals surface area (Å²) in [5.74, 6) is -1.34. The maximum absolute atomic E-state index is 15.8. The van der Waals surface area contributed by atoms with Crippen LogP contribution in [0.5, 0.6) is 0 Å². The van der Waals surface area contributed by atoms with Crippen LogP contribution < -0.4 is 20.9 Å². The van der Waals surface area contributed by atoms with E-state index in [-0.39, 0.29) is 18.2 Å². The van der Waals surface area contributed by atoms with Crippen molar-refractivity contribution in [2.45, 2.75) is 43.9 Å². The second kappa shape index (κ2) is 10.8. The SMILES string of the molecule is NC(=O)c1ccc(N2CCC(F)(CN3CCN(c4ccc5c(c4)CN([C@H]4CCC(=O)NC4=O)C5=O)CC3)CC2)cc1. The lowest BCUT2D eigenvalue weighted by Crippen LogP contribution is -2.53. The van der Waals surface area contributed by atoms with Crippen molar-refractivity contribution < 1.29 is 23.6 Å². The molecule has 0 unspecified atom stereocenters. The average molecular weight is 563 g/mol. The molecule has 4 aliphatic rings. The van der Waals surface area contributed by atoms with Crippen molar-refractivity contribution in [1.29, 1.82) is 0 Å². The van der Waals surface area contributed by atoms with Crippen LogP contribution in [-0.2, 0) is 16.1 Å². The van der Waals surface area contributed by atoms with Crippen LogP contribution in [-0.4, -0.2) is 91.0 Å². The molecule has 4 aliphatic heterocycles. The minimum atomic E-state index is -1.24. The topological polar surface area (TPSA) is 119 Å². The Hall–Kier alpha value is -3.99. The Morgan fingerprint density at radius 3 is 2.24 bits per heavy atom. The van der Waals surface area contributed by atoms with Crippen LogP contribution in [0.4, 0.5) is 15.8 Å². The predicted octanol–water partition coefficient (Wildman–Crippen LogP) is 1.68. The fraction of sp³-hybridized carbons (Fsp3) is 0.467. The number of nitrogens with two attached hydrogens (primary N) is 1. The Morgan fingerprint density at radius 1 is 0.927 bits per heavy atom. The van der Waals surface area contributed by atoms with Gasteiger partial charge in [-0.05, 0) is 54.4 Å². The zero-order valence-corrected chi connectivity index (χ0v) is 23.0. The lowest BCUT2D eigenvalue weighted by molar-refractivity contribution is -0.136. The van der Waals surface area contributed by atoms with E-state index in [0.717, 1.165) is 43.1 Å². The number of imide groups is 1. The van der Waals surface area contributed by atoms with Gasteiger partial charge in [0, 0.05) is 94.1 Å². The molecule has 0 spiro atoms. The predicted molar refractivity (Wildman–Crippen MR) is 151 cm³/mol. The number of nitrogens with one attached hydrogen (secondary N) is 1. The van der Waals surface area contributed by atoms with E-state index < -0.39 is 23.5 Å². The number of carbonyl (C=O) groups is 4. The highest BCUT2D eigenvalue weighted by Crippen LogP contribution is 2.33. The largest absolute Gasteiger partial charge is 0.371 e. The molecule has 10 nitrogen and oxygen atoms in total. The molecule has 0 radical (unpaired) electrons. The molecule has 41 heavy (non-hydrogen) atoms. The molecule has 0 bridgehead atoms. The molecular weight excluding hydrogens is 527 g/mol. The highest BCUT2D eigenvalue weighted by molar-refractivity contribution is 6.05. The summed E-state index contributed by atoms with van der Waals surface area (Å²) in [5.41, 5.74) is 8.04. The van der Waals surface area contributed by atoms with E-state index in [9.17, 15) is 19.2 Å². The minimum absolute atomic E-state index is 0.173. The van der Waals surface area contributed by atoms with Gasteiger partial charge < -0.3 is 20.4 Å². The van der Waals surface area contributed by atoms with Crippen molar-refractivity contribution in [1.82, 2.24) is 15.1 Å². The maximum atomic E-state index is 15.8. The van der Waals surface area contributed by atoms with E-state index in [2.05, 4.69) is 20.0 Å². The first kappa shape index (κ1) is 27.2. The number of hydrogen-bond acceptors (Lipinski definition) is 7. The van der Waals surface area contributed by atoms with Crippen LogP contribution in [0.3, 0.4) is 0 Å². The van der Waals surface area contributed by atoms with E-state index in [4.69, 9.17) is 5.73 Å². The Bertz CT molecular complexity index is 1370. The van der Waals surface area contributed by atoms with Crippen molar-refractivity contribution in [3.05, 3.63) is 59.2 Å². The van der Waals surface area contributed by atoms with E-state index in [0.29, 0.717) is 56.6 Å². The first-order valence-electron chi connectivity index (χ1n) is 14.3. The molecule has 216 valence electrons. The molecule has 1 atom stereocenters. The van der Waals surface area contributed by atoms with Crippen molar-refractivity contribution >= 4 is 35.0 Å². The molecule has 3 saturated heterocycles. The van der Waals surface area contributed by atoms with Gasteiger partial charge in [-0.15, -0.1) is 0 Å². The third-order valence-corrected chi connectivity index (χ3v) is 8.93. The van der Waals surface area contributed by atoms with E-state index >= 15 is 4.39 Å². The highest BCUT2D eigenvalue weighted by atomic mass is 19.1. The smallest absolute Gasteiger partial charge is 0.255 e. The van der Waals surface area contributed by atoms with E-state index in [1.165, 1.54) is 0 Å². The van der Waals surface area contributed by atoms with Gasteiger partial charge in [0.2, 0.25) is 17.7 Å². The Balaban J connectivity index is 1.01. The molecular formula is C30H35FN6O4. The molecule has 3 N–H and O–H groups in total. The van der Waals surface area contributed by atoms with Crippen LogP contribution in [0.15, 0.2) is 42.5 Å². The number of primary amides is 1. The van der Waals surface area contributed by atoms with Crippen molar-refractivity contribution in [2.75, 3.05) is 55.6 Å². The Labute approximate surface area is 238 Å². The summed E-state index contributed by atoms with van der Waals surface area (Å²) < 4.78 is 15.8. The lowest BCUT2D eigenvalue weighted by Gasteiger charge is -2.43. The molecule has 0 saturated carbocycles. The average Bonchev–Trinajstić information content (AvgIpc) is 3.29. The van der Waals surface area contributed by atoms with Crippen LogP contribution in [0.1, 0.15) is 52.0 Å². The number of amides is 4. The Morgan fingerprint density at radius 2 is 1.59 bits per heavy atom. The molecule has 2 aromatic rings. The number of piperazine rings is 1. The quantitative estimate of drug-likeness (QED) is 0.514. The molecule has 6 rings (SSSR count). The first-order chi connectivity index (χ1) is 19.7. The van der Waals surface area contributed by atoms with Crippen LogP contribution >= 0.6 is 0 Å². The summed E-state index contributed by atoms with van der Waals surface area (Å²) in [5, 5.41) is 2.34. The van der Waals surface area contributed by atoms with Crippen molar-refractivity contribution in [3.63, 3.8) is 0 Å². The normalized spacial score (nSPS) is 23.0. The van der Waals surface area contributed by atoms with Gasteiger partial charge in [-0.25, -0.2) is 4.39 Å². The molecule has 0 aromatic heterocycles. The number of rotatable bonds is 6. The van der Waals surface area contributed by atoms with Crippen LogP contribution in [0.25, 0.3) is 0 Å². The standard InChI is InChI=1S/C30H35FN6O4/c31-30(9-11-35(12-10-30)22-3-1-20(2-4-22)27(32)39)19-34-13-15-36(16-14-34)23-5-6-24-21(17-23)18-37(29(24)41)25-7-8-26(38)33-28(25)40/h1-6,17,25H,7-16,18-19H2,(H2,32,39)(H,33,38,40)/t25-/m0/s1. The number of anilines is 2. The molecule has 3 fully saturated rings. The van der Waals surface area contributed by atoms with Gasteiger partial charge in [0.05, 0.1) is 0 Å². The zero-order valence-electron chi connectivity index (χ0n) is 23.0. The third kappa shape index (κ3) is 5.50. The third-order valence-electron chi connectivity index (χ3n) is 8.93. The number of fused-ring (bicyclic) bond motifs is 1. The maximum Gasteiger partial charge on any atom is 0.255 e. The van der Waals surface area contributed by atoms with Gasteiger partial charge in [-0.2, -0.15) is 0 Å². The van der Waals surface area contributed by atoms with Crippen molar-refractivity contribution in [3.8, 4) is 0 Å². The van der Waals surface area contributed by atoms with E-state index in [1.807, 2.05) is 30.3 Å². The molecule has 4 heterocycles. The first-order valence-corrected chi connectivity index (χ1v) is 14.3. The molecule has 0 aliphatic carbocycles. The number of alkyl halides is 1. The highest BCUT2D eigenvalue weighted by Gasteiger charge is 2.40. The zero-order chi connectivity index (χ0) is 28.7. The fourth-order valence-electron chi connectivity index (χ4n) is 6.48. The number of halogens is 1. The fourth-order valence-corrected chi connectivity index (χ4v) is 6.48. The summed E-state index contributed by atoms with van der Waals surface area (Å²) in [7, 11) is 0. The van der Waals surface area contributed by atoms with Gasteiger partial charge in [-0.1, -0.05) is 0 Å². The number of hydrogen-bond donors (Lipinski definition) is 2. The van der Waals surface area contributed by atoms with Gasteiger partial charge >= 0.3 is 0 Å². The second-order valence-corrected chi connectivity index (χ2v) is 11.6. The number of nitrogens with zero attached hydrogens (tertiary/aromatic N) is 4. The van der Waals surface area contributed by atoms with Crippen LogP contribution in [0, 0.1) is 0 Å². The summed E-state index contributed by atoms with van der Waals surface area (Å²) in [6.07, 6.45) is 1.48. The van der Waals surface area contributed by atoms with E-state index in [1.54, 1.807) is 17.0 Å². The van der Waals surface area contributed by atoms with Crippen molar-refractivity contribution in [2.24, 2.45) is 5.73 Å². The van der Waals surface area contributed by atoms with Gasteiger partial charge in [0.1, 0.15) is 11.7 Å². The molecule has 11 heteroatoms. The number of piperidine rings is 2. The lowest BCUT2D eigenvalue weighted by atomic mass is 9.92. The number of benzene rings is 2. The van der Waals surface area contributed by atoms with Crippen LogP contribution in [0.2, 0.25) is 0 Å². The van der Waals surface area contributed by atoms with Gasteiger partial charge in [0.15, 0.2) is 0 Å². The van der Waals surface area contributed by atoms with Gasteiger partial charge in [0.25, 0.3) is 5.91 Å². The number of carbonyl (C=O) groups excluding carboxylic acids is 4. The Kier molecular flexibility index (Phi) is 7.14. The monoisotopic (exact) mass is 562 g/mol. The second-order valence-electron chi connectivity index (χ2n) is 11.6. The summed E-state index contributed by atoms with van der Waals surface area (Å²) >= 11 is 0. The molecule has 2 aromatic carbocycles. The van der Waals surface area contributed by atoms with Gasteiger partial charge in [-0.3, -0.25) is 29.4 Å². The molecule has 4 amide bonds. The summed E-state index contributed by atoms with van der Waals surface area (Å²) in [6, 6.07) is 12.3. The minimum Gasteiger partial charge on any atom is -0.371 e. The summed E-state index contributed by atoms with van der Waals surface area (Å²) in [6.45, 7) is 5.03.